The first kappa shape index (κ1) is 23.7. The highest BCUT2D eigenvalue weighted by Crippen LogP contribution is 2.42. The second-order valence-electron chi connectivity index (χ2n) is 8.82. The lowest BCUT2D eigenvalue weighted by Gasteiger charge is -2.38. The van der Waals surface area contributed by atoms with Crippen LogP contribution in [0.15, 0.2) is 70.8 Å². The van der Waals surface area contributed by atoms with Gasteiger partial charge in [-0.25, -0.2) is 0 Å². The van der Waals surface area contributed by atoms with Crippen molar-refractivity contribution >= 4 is 10.9 Å². The Bertz CT molecular complexity index is 1190. The van der Waals surface area contributed by atoms with Gasteiger partial charge in [0.2, 0.25) is 0 Å². The molecular formula is C24H25F3N2O3. The zero-order chi connectivity index (χ0) is 23.7. The van der Waals surface area contributed by atoms with Crippen LogP contribution in [-0.2, 0) is 12.0 Å². The Morgan fingerprint density at radius 3 is 2.41 bits per heavy atom. The van der Waals surface area contributed by atoms with Crippen LogP contribution >= 0.6 is 0 Å². The van der Waals surface area contributed by atoms with Gasteiger partial charge in [0.05, 0.1) is 12.1 Å². The molecule has 1 aromatic heterocycles. The minimum atomic E-state index is -4.93. The molecule has 8 heteroatoms. The predicted molar refractivity (Wildman–Crippen MR) is 118 cm³/mol. The maximum absolute atomic E-state index is 14.2. The van der Waals surface area contributed by atoms with Crippen LogP contribution in [-0.4, -0.2) is 21.5 Å². The summed E-state index contributed by atoms with van der Waals surface area (Å²) in [6.45, 7) is 4.07. The molecular weight excluding hydrogens is 421 g/mol. The number of halogens is 3. The van der Waals surface area contributed by atoms with Gasteiger partial charge in [-0.1, -0.05) is 55.4 Å². The van der Waals surface area contributed by atoms with Gasteiger partial charge >= 0.3 is 6.18 Å². The molecule has 0 bridgehead atoms. The van der Waals surface area contributed by atoms with Gasteiger partial charge in [0.25, 0.3) is 0 Å². The summed E-state index contributed by atoms with van der Waals surface area (Å²) >= 11 is 0. The van der Waals surface area contributed by atoms with Crippen LogP contribution in [0.4, 0.5) is 13.2 Å². The molecule has 0 radical (unpaired) electrons. The minimum Gasteiger partial charge on any atom is -0.379 e. The Morgan fingerprint density at radius 1 is 1.06 bits per heavy atom. The molecule has 32 heavy (non-hydrogen) atoms. The Kier molecular flexibility index (Phi) is 6.29. The predicted octanol–water partition coefficient (Wildman–Crippen LogP) is 5.49. The van der Waals surface area contributed by atoms with Crippen molar-refractivity contribution in [3.8, 4) is 0 Å². The summed E-state index contributed by atoms with van der Waals surface area (Å²) in [5.74, 6) is 0. The molecule has 2 unspecified atom stereocenters. The first-order chi connectivity index (χ1) is 14.9. The van der Waals surface area contributed by atoms with Crippen molar-refractivity contribution in [3.63, 3.8) is 0 Å². The fraction of sp³-hybridized carbons (Fsp3) is 0.375. The monoisotopic (exact) mass is 446 g/mol. The standard InChI is InChI=1S/C24H25F3N2O3/c1-16(28-32)17-7-6-8-18(13-17)22(2,3)14-23(31,24(25,26)27)15-29-12-11-21(30)19-9-4-5-10-20(19)29/h4-13,16,31H,14-15H2,1-3H3. The Labute approximate surface area is 183 Å². The zero-order valence-electron chi connectivity index (χ0n) is 18.1. The Morgan fingerprint density at radius 2 is 1.75 bits per heavy atom. The largest absolute Gasteiger partial charge is 0.418 e. The smallest absolute Gasteiger partial charge is 0.379 e. The number of alkyl halides is 3. The van der Waals surface area contributed by atoms with Crippen molar-refractivity contribution in [1.29, 1.82) is 0 Å². The number of nitrogens with zero attached hydrogens (tertiary/aromatic N) is 2. The number of para-hydroxylation sites is 1. The second kappa shape index (κ2) is 8.50. The summed E-state index contributed by atoms with van der Waals surface area (Å²) in [5, 5.41) is 14.2. The van der Waals surface area contributed by atoms with E-state index in [1.165, 1.54) is 16.8 Å². The second-order valence-corrected chi connectivity index (χ2v) is 8.82. The molecule has 1 heterocycles. The molecule has 3 aromatic rings. The summed E-state index contributed by atoms with van der Waals surface area (Å²) in [4.78, 5) is 23.0. The van der Waals surface area contributed by atoms with Crippen LogP contribution in [0.3, 0.4) is 0 Å². The van der Waals surface area contributed by atoms with E-state index in [1.54, 1.807) is 69.3 Å². The third-order valence-electron chi connectivity index (χ3n) is 5.89. The molecule has 0 saturated heterocycles. The first-order valence-electron chi connectivity index (χ1n) is 10.2. The van der Waals surface area contributed by atoms with Crippen molar-refractivity contribution in [1.82, 2.24) is 4.57 Å². The molecule has 0 aliphatic heterocycles. The maximum Gasteiger partial charge on any atom is 0.418 e. The Balaban J connectivity index is 2.03. The molecule has 3 rings (SSSR count). The molecule has 2 aromatic carbocycles. The number of hydrogen-bond donors (Lipinski definition) is 1. The van der Waals surface area contributed by atoms with E-state index in [0.29, 0.717) is 16.6 Å². The van der Waals surface area contributed by atoms with Gasteiger partial charge in [-0.15, -0.1) is 0 Å². The van der Waals surface area contributed by atoms with E-state index in [4.69, 9.17) is 0 Å². The number of hydrogen-bond acceptors (Lipinski definition) is 4. The molecule has 0 spiro atoms. The zero-order valence-corrected chi connectivity index (χ0v) is 18.1. The number of fused-ring (bicyclic) bond motifs is 1. The SMILES string of the molecule is CC(N=O)c1cccc(C(C)(C)CC(O)(Cn2ccc(=O)c3ccccc32)C(F)(F)F)c1. The van der Waals surface area contributed by atoms with Gasteiger partial charge in [-0.05, 0) is 42.0 Å². The molecule has 0 saturated carbocycles. The lowest BCUT2D eigenvalue weighted by molar-refractivity contribution is -0.271. The van der Waals surface area contributed by atoms with Crippen LogP contribution in [0.1, 0.15) is 44.4 Å². The van der Waals surface area contributed by atoms with Gasteiger partial charge < -0.3 is 9.67 Å². The average Bonchev–Trinajstić information content (AvgIpc) is 2.74. The maximum atomic E-state index is 14.2. The van der Waals surface area contributed by atoms with E-state index in [0.717, 1.165) is 0 Å². The van der Waals surface area contributed by atoms with Crippen molar-refractivity contribution in [2.75, 3.05) is 0 Å². The molecule has 0 aliphatic carbocycles. The van der Waals surface area contributed by atoms with Crippen LogP contribution in [0.25, 0.3) is 10.9 Å². The van der Waals surface area contributed by atoms with Crippen molar-refractivity contribution in [2.45, 2.75) is 57.0 Å². The van der Waals surface area contributed by atoms with Crippen LogP contribution in [0.5, 0.6) is 0 Å². The normalized spacial score (nSPS) is 15.3. The van der Waals surface area contributed by atoms with Crippen molar-refractivity contribution in [3.05, 3.63) is 87.1 Å². The van der Waals surface area contributed by atoms with Crippen LogP contribution in [0, 0.1) is 4.91 Å². The van der Waals surface area contributed by atoms with E-state index in [-0.39, 0.29) is 10.8 Å². The topological polar surface area (TPSA) is 71.7 Å². The summed E-state index contributed by atoms with van der Waals surface area (Å²) in [7, 11) is 0. The molecule has 0 fully saturated rings. The average molecular weight is 446 g/mol. The lowest BCUT2D eigenvalue weighted by Crippen LogP contribution is -2.52. The van der Waals surface area contributed by atoms with E-state index >= 15 is 0 Å². The van der Waals surface area contributed by atoms with Crippen LogP contribution in [0.2, 0.25) is 0 Å². The van der Waals surface area contributed by atoms with E-state index in [2.05, 4.69) is 5.18 Å². The van der Waals surface area contributed by atoms with E-state index < -0.39 is 36.2 Å². The summed E-state index contributed by atoms with van der Waals surface area (Å²) < 4.78 is 43.8. The molecule has 0 aliphatic rings. The summed E-state index contributed by atoms with van der Waals surface area (Å²) in [5.41, 5.74) is -3.00. The quantitative estimate of drug-likeness (QED) is 0.488. The number of benzene rings is 2. The lowest BCUT2D eigenvalue weighted by atomic mass is 9.74. The number of nitroso groups, excluding NO2 is 1. The summed E-state index contributed by atoms with van der Waals surface area (Å²) in [6.07, 6.45) is -4.29. The highest BCUT2D eigenvalue weighted by atomic mass is 19.4. The number of aliphatic hydroxyl groups is 1. The molecule has 2 atom stereocenters. The van der Waals surface area contributed by atoms with Gasteiger partial charge in [0, 0.05) is 17.6 Å². The van der Waals surface area contributed by atoms with Crippen molar-refractivity contribution < 1.29 is 18.3 Å². The Hall–Kier alpha value is -3.00. The molecule has 5 nitrogen and oxygen atoms in total. The fourth-order valence-electron chi connectivity index (χ4n) is 4.04. The van der Waals surface area contributed by atoms with Gasteiger partial charge in [-0.2, -0.15) is 18.1 Å². The van der Waals surface area contributed by atoms with Gasteiger partial charge in [0.15, 0.2) is 11.0 Å². The van der Waals surface area contributed by atoms with Crippen molar-refractivity contribution in [2.24, 2.45) is 5.18 Å². The molecule has 1 N–H and O–H groups in total. The minimum absolute atomic E-state index is 0.279. The van der Waals surface area contributed by atoms with E-state index in [1.807, 2.05) is 0 Å². The summed E-state index contributed by atoms with van der Waals surface area (Å²) in [6, 6.07) is 13.6. The number of aromatic nitrogens is 1. The third kappa shape index (κ3) is 4.60. The number of rotatable bonds is 7. The van der Waals surface area contributed by atoms with E-state index in [9.17, 15) is 28.0 Å². The number of pyridine rings is 1. The highest BCUT2D eigenvalue weighted by molar-refractivity contribution is 5.78. The molecule has 170 valence electrons. The molecule has 0 amide bonds. The van der Waals surface area contributed by atoms with Gasteiger partial charge in [-0.3, -0.25) is 4.79 Å². The van der Waals surface area contributed by atoms with Gasteiger partial charge in [0.1, 0.15) is 6.04 Å². The van der Waals surface area contributed by atoms with Crippen LogP contribution < -0.4 is 5.43 Å². The highest BCUT2D eigenvalue weighted by Gasteiger charge is 2.56. The first-order valence-corrected chi connectivity index (χ1v) is 10.2. The fourth-order valence-corrected chi connectivity index (χ4v) is 4.04. The third-order valence-corrected chi connectivity index (χ3v) is 5.89.